The van der Waals surface area contributed by atoms with E-state index in [1.165, 1.54) is 13.2 Å². The highest BCUT2D eigenvalue weighted by atomic mass is 19.1. The SMILES string of the molecule is COc1cc2c(cc1F)NCCC2N. The van der Waals surface area contributed by atoms with E-state index in [-0.39, 0.29) is 17.6 Å². The highest BCUT2D eigenvalue weighted by Crippen LogP contribution is 2.33. The molecule has 1 aliphatic rings. The third-order valence-corrected chi connectivity index (χ3v) is 2.49. The van der Waals surface area contributed by atoms with Crippen LogP contribution in [0.15, 0.2) is 12.1 Å². The molecular weight excluding hydrogens is 183 g/mol. The molecule has 1 heterocycles. The maximum Gasteiger partial charge on any atom is 0.167 e. The lowest BCUT2D eigenvalue weighted by Gasteiger charge is -2.24. The van der Waals surface area contributed by atoms with Gasteiger partial charge in [0.1, 0.15) is 0 Å². The number of nitrogens with two attached hydrogens (primary N) is 1. The Kier molecular flexibility index (Phi) is 2.29. The predicted molar refractivity (Wildman–Crippen MR) is 53.0 cm³/mol. The fraction of sp³-hybridized carbons (Fsp3) is 0.400. The third-order valence-electron chi connectivity index (χ3n) is 2.49. The molecule has 0 bridgehead atoms. The molecule has 1 atom stereocenters. The van der Waals surface area contributed by atoms with Crippen molar-refractivity contribution in [3.05, 3.63) is 23.5 Å². The van der Waals surface area contributed by atoms with Gasteiger partial charge in [0, 0.05) is 24.3 Å². The van der Waals surface area contributed by atoms with Crippen molar-refractivity contribution < 1.29 is 9.13 Å². The zero-order valence-electron chi connectivity index (χ0n) is 8.01. The smallest absolute Gasteiger partial charge is 0.167 e. The number of fused-ring (bicyclic) bond motifs is 1. The van der Waals surface area contributed by atoms with Gasteiger partial charge in [-0.1, -0.05) is 0 Å². The van der Waals surface area contributed by atoms with Gasteiger partial charge in [-0.2, -0.15) is 0 Å². The molecule has 1 aromatic rings. The van der Waals surface area contributed by atoms with Crippen LogP contribution in [0.2, 0.25) is 0 Å². The van der Waals surface area contributed by atoms with E-state index in [0.29, 0.717) is 0 Å². The predicted octanol–water partition coefficient (Wildman–Crippen LogP) is 1.65. The number of anilines is 1. The van der Waals surface area contributed by atoms with Crippen LogP contribution in [0.3, 0.4) is 0 Å². The van der Waals surface area contributed by atoms with Gasteiger partial charge in [-0.25, -0.2) is 4.39 Å². The normalized spacial score (nSPS) is 19.8. The summed E-state index contributed by atoms with van der Waals surface area (Å²) < 4.78 is 18.2. The molecule has 3 nitrogen and oxygen atoms in total. The van der Waals surface area contributed by atoms with Gasteiger partial charge in [0.15, 0.2) is 11.6 Å². The van der Waals surface area contributed by atoms with E-state index in [4.69, 9.17) is 10.5 Å². The van der Waals surface area contributed by atoms with Gasteiger partial charge in [-0.05, 0) is 18.1 Å². The van der Waals surface area contributed by atoms with Crippen molar-refractivity contribution in [2.24, 2.45) is 5.73 Å². The van der Waals surface area contributed by atoms with Crippen molar-refractivity contribution in [2.75, 3.05) is 19.0 Å². The summed E-state index contributed by atoms with van der Waals surface area (Å²) in [5, 5.41) is 3.11. The molecule has 0 aromatic heterocycles. The Bertz CT molecular complexity index is 354. The van der Waals surface area contributed by atoms with E-state index < -0.39 is 0 Å². The van der Waals surface area contributed by atoms with Gasteiger partial charge >= 0.3 is 0 Å². The number of hydrogen-bond acceptors (Lipinski definition) is 3. The molecule has 76 valence electrons. The first kappa shape index (κ1) is 9.27. The molecule has 0 saturated heterocycles. The van der Waals surface area contributed by atoms with Gasteiger partial charge in [0.2, 0.25) is 0 Å². The summed E-state index contributed by atoms with van der Waals surface area (Å²) in [7, 11) is 1.45. The van der Waals surface area contributed by atoms with Crippen LogP contribution >= 0.6 is 0 Å². The minimum Gasteiger partial charge on any atom is -0.494 e. The van der Waals surface area contributed by atoms with E-state index in [1.807, 2.05) is 0 Å². The van der Waals surface area contributed by atoms with Crippen LogP contribution in [0.25, 0.3) is 0 Å². The van der Waals surface area contributed by atoms with E-state index >= 15 is 0 Å². The van der Waals surface area contributed by atoms with E-state index in [9.17, 15) is 4.39 Å². The van der Waals surface area contributed by atoms with Crippen LogP contribution in [-0.4, -0.2) is 13.7 Å². The van der Waals surface area contributed by atoms with Gasteiger partial charge in [0.25, 0.3) is 0 Å². The number of hydrogen-bond donors (Lipinski definition) is 2. The van der Waals surface area contributed by atoms with Crippen molar-refractivity contribution >= 4 is 5.69 Å². The van der Waals surface area contributed by atoms with Crippen LogP contribution in [0.4, 0.5) is 10.1 Å². The lowest BCUT2D eigenvalue weighted by molar-refractivity contribution is 0.385. The summed E-state index contributed by atoms with van der Waals surface area (Å²) in [4.78, 5) is 0. The number of halogens is 1. The van der Waals surface area contributed by atoms with Gasteiger partial charge in [-0.3, -0.25) is 0 Å². The lowest BCUT2D eigenvalue weighted by atomic mass is 9.98. The average molecular weight is 196 g/mol. The second-order valence-electron chi connectivity index (χ2n) is 3.40. The monoisotopic (exact) mass is 196 g/mol. The number of rotatable bonds is 1. The molecule has 14 heavy (non-hydrogen) atoms. The number of benzene rings is 1. The van der Waals surface area contributed by atoms with Crippen molar-refractivity contribution in [3.63, 3.8) is 0 Å². The highest BCUT2D eigenvalue weighted by Gasteiger charge is 2.19. The molecule has 0 fully saturated rings. The second-order valence-corrected chi connectivity index (χ2v) is 3.40. The largest absolute Gasteiger partial charge is 0.494 e. The Morgan fingerprint density at radius 1 is 1.57 bits per heavy atom. The Hall–Kier alpha value is -1.29. The molecule has 0 amide bonds. The summed E-state index contributed by atoms with van der Waals surface area (Å²) in [5.74, 6) is -0.101. The molecule has 0 saturated carbocycles. The van der Waals surface area contributed by atoms with Crippen molar-refractivity contribution in [1.29, 1.82) is 0 Å². The quantitative estimate of drug-likeness (QED) is 0.718. The number of ether oxygens (including phenoxy) is 1. The number of nitrogens with one attached hydrogen (secondary N) is 1. The molecule has 0 radical (unpaired) electrons. The second kappa shape index (κ2) is 3.46. The first-order chi connectivity index (χ1) is 6.72. The molecule has 1 aliphatic heterocycles. The van der Waals surface area contributed by atoms with Gasteiger partial charge < -0.3 is 15.8 Å². The third kappa shape index (κ3) is 1.42. The van der Waals surface area contributed by atoms with Gasteiger partial charge in [-0.15, -0.1) is 0 Å². The van der Waals surface area contributed by atoms with Crippen molar-refractivity contribution in [2.45, 2.75) is 12.5 Å². The standard InChI is InChI=1S/C10H13FN2O/c1-14-10-4-6-8(12)2-3-13-9(6)5-7(10)11/h4-5,8,13H,2-3,12H2,1H3. The molecule has 3 N–H and O–H groups in total. The average Bonchev–Trinajstić information content (AvgIpc) is 2.17. The fourth-order valence-corrected chi connectivity index (χ4v) is 1.70. The van der Waals surface area contributed by atoms with Gasteiger partial charge in [0.05, 0.1) is 7.11 Å². The van der Waals surface area contributed by atoms with E-state index in [2.05, 4.69) is 5.32 Å². The maximum absolute atomic E-state index is 13.3. The van der Waals surface area contributed by atoms with E-state index in [0.717, 1.165) is 24.2 Å². The molecular formula is C10H13FN2O. The first-order valence-corrected chi connectivity index (χ1v) is 4.59. The fourth-order valence-electron chi connectivity index (χ4n) is 1.70. The molecule has 0 spiro atoms. The first-order valence-electron chi connectivity index (χ1n) is 4.59. The molecule has 0 aliphatic carbocycles. The minimum absolute atomic E-state index is 0.0271. The van der Waals surface area contributed by atoms with Crippen molar-refractivity contribution in [1.82, 2.24) is 0 Å². The highest BCUT2D eigenvalue weighted by molar-refractivity contribution is 5.57. The lowest BCUT2D eigenvalue weighted by Crippen LogP contribution is -2.22. The Morgan fingerprint density at radius 3 is 3.07 bits per heavy atom. The van der Waals surface area contributed by atoms with Crippen LogP contribution < -0.4 is 15.8 Å². The topological polar surface area (TPSA) is 47.3 Å². The molecule has 2 rings (SSSR count). The summed E-state index contributed by atoms with van der Waals surface area (Å²) in [5.41, 5.74) is 7.61. The summed E-state index contributed by atoms with van der Waals surface area (Å²) in [6.07, 6.45) is 0.863. The van der Waals surface area contributed by atoms with Crippen LogP contribution in [0.1, 0.15) is 18.0 Å². The summed E-state index contributed by atoms with van der Waals surface area (Å²) in [6, 6.07) is 3.08. The minimum atomic E-state index is -0.354. The molecule has 4 heteroatoms. The Balaban J connectivity index is 2.49. The summed E-state index contributed by atoms with van der Waals surface area (Å²) >= 11 is 0. The Morgan fingerprint density at radius 2 is 2.36 bits per heavy atom. The zero-order valence-corrected chi connectivity index (χ0v) is 8.01. The van der Waals surface area contributed by atoms with E-state index in [1.54, 1.807) is 6.07 Å². The van der Waals surface area contributed by atoms with Crippen LogP contribution in [0, 0.1) is 5.82 Å². The maximum atomic E-state index is 13.3. The molecule has 1 aromatic carbocycles. The summed E-state index contributed by atoms with van der Waals surface area (Å²) in [6.45, 7) is 0.792. The van der Waals surface area contributed by atoms with Crippen molar-refractivity contribution in [3.8, 4) is 5.75 Å². The number of methoxy groups -OCH3 is 1. The molecule has 1 unspecified atom stereocenters. The zero-order chi connectivity index (χ0) is 10.1. The van der Waals surface area contributed by atoms with Crippen LogP contribution in [0.5, 0.6) is 5.75 Å². The van der Waals surface area contributed by atoms with Crippen LogP contribution in [-0.2, 0) is 0 Å². The Labute approximate surface area is 82.1 Å².